The minimum atomic E-state index is -0.556. The predicted octanol–water partition coefficient (Wildman–Crippen LogP) is 3.31. The van der Waals surface area contributed by atoms with Crippen LogP contribution in [0.15, 0.2) is 18.2 Å². The van der Waals surface area contributed by atoms with Crippen LogP contribution in [0.3, 0.4) is 0 Å². The lowest BCUT2D eigenvalue weighted by molar-refractivity contribution is -0.121. The molecule has 0 aromatic heterocycles. The normalized spacial score (nSPS) is 17.7. The van der Waals surface area contributed by atoms with Crippen molar-refractivity contribution in [3.8, 4) is 0 Å². The summed E-state index contributed by atoms with van der Waals surface area (Å²) in [6, 6.07) is 4.22. The molecule has 132 valence electrons. The maximum atomic E-state index is 13.5. The lowest BCUT2D eigenvalue weighted by Gasteiger charge is -2.34. The minimum absolute atomic E-state index is 0.0292. The molecule has 0 spiro atoms. The van der Waals surface area contributed by atoms with Crippen molar-refractivity contribution in [2.24, 2.45) is 11.8 Å². The number of benzene rings is 1. The minimum Gasteiger partial charge on any atom is -0.356 e. The van der Waals surface area contributed by atoms with E-state index in [0.717, 1.165) is 25.9 Å². The van der Waals surface area contributed by atoms with Crippen LogP contribution in [-0.2, 0) is 4.79 Å². The zero-order chi connectivity index (χ0) is 17.7. The Hall–Kier alpha value is -1.82. The highest BCUT2D eigenvalue weighted by atomic mass is 35.5. The molecule has 1 saturated heterocycles. The molecule has 1 heterocycles. The second-order valence-corrected chi connectivity index (χ2v) is 6.93. The number of nitrogens with one attached hydrogen (secondary N) is 3. The van der Waals surface area contributed by atoms with Gasteiger partial charge in [0.25, 0.3) is 0 Å². The van der Waals surface area contributed by atoms with Gasteiger partial charge in [0.05, 0.1) is 10.9 Å². The van der Waals surface area contributed by atoms with Gasteiger partial charge in [-0.3, -0.25) is 10.2 Å². The molecule has 2 rings (SSSR count). The average Bonchev–Trinajstić information content (AvgIpc) is 2.56. The maximum absolute atomic E-state index is 13.5. The Kier molecular flexibility index (Phi) is 6.43. The summed E-state index contributed by atoms with van der Waals surface area (Å²) < 4.78 is 13.5. The second kappa shape index (κ2) is 8.33. The van der Waals surface area contributed by atoms with Gasteiger partial charge >= 0.3 is 0 Å². The number of carbonyl (C=O) groups is 1. The number of nitrogens with zero attached hydrogens (tertiary/aromatic N) is 1. The van der Waals surface area contributed by atoms with Crippen LogP contribution in [0.4, 0.5) is 10.1 Å². The van der Waals surface area contributed by atoms with Crippen LogP contribution in [0.5, 0.6) is 0 Å². The van der Waals surface area contributed by atoms with Crippen LogP contribution in [-0.4, -0.2) is 36.4 Å². The van der Waals surface area contributed by atoms with Crippen molar-refractivity contribution in [1.29, 1.82) is 5.41 Å². The Labute approximate surface area is 147 Å². The van der Waals surface area contributed by atoms with Crippen LogP contribution in [0.2, 0.25) is 5.02 Å². The summed E-state index contributed by atoms with van der Waals surface area (Å²) >= 11 is 5.65. The molecule has 1 aliphatic rings. The number of rotatable bonds is 4. The van der Waals surface area contributed by atoms with E-state index in [1.807, 2.05) is 4.90 Å². The van der Waals surface area contributed by atoms with E-state index in [9.17, 15) is 9.18 Å². The highest BCUT2D eigenvalue weighted by molar-refractivity contribution is 6.30. The van der Waals surface area contributed by atoms with Gasteiger partial charge in [0.1, 0.15) is 5.82 Å². The number of amides is 1. The number of likely N-dealkylation sites (tertiary alicyclic amines) is 1. The largest absolute Gasteiger partial charge is 0.356 e. The molecule has 0 saturated carbocycles. The summed E-state index contributed by atoms with van der Waals surface area (Å²) in [7, 11) is 0. The van der Waals surface area contributed by atoms with Gasteiger partial charge in [-0.1, -0.05) is 25.4 Å². The molecule has 0 unspecified atom stereocenters. The standard InChI is InChI=1S/C17H24ClFN4O/c1-11(2)9-21-17(20)23-7-3-4-12(10-23)16(24)22-13-5-6-14(18)15(19)8-13/h5-6,8,11-12H,3-4,7,9-10H2,1-2H3,(H2,20,21)(H,22,24)/t12-/m0/s1. The van der Waals surface area contributed by atoms with Gasteiger partial charge in [0.15, 0.2) is 5.96 Å². The Morgan fingerprint density at radius 3 is 2.92 bits per heavy atom. The number of anilines is 1. The zero-order valence-electron chi connectivity index (χ0n) is 14.0. The van der Waals surface area contributed by atoms with Crippen molar-refractivity contribution >= 4 is 29.2 Å². The third kappa shape index (κ3) is 5.09. The molecule has 0 radical (unpaired) electrons. The van der Waals surface area contributed by atoms with Crippen LogP contribution >= 0.6 is 11.6 Å². The van der Waals surface area contributed by atoms with Gasteiger partial charge in [0.2, 0.25) is 5.91 Å². The monoisotopic (exact) mass is 354 g/mol. The highest BCUT2D eigenvalue weighted by Gasteiger charge is 2.27. The van der Waals surface area contributed by atoms with Gasteiger partial charge < -0.3 is 15.5 Å². The average molecular weight is 355 g/mol. The first-order valence-electron chi connectivity index (χ1n) is 8.20. The first kappa shape index (κ1) is 18.5. The number of hydrogen-bond donors (Lipinski definition) is 3. The number of guanidine groups is 1. The Morgan fingerprint density at radius 2 is 2.25 bits per heavy atom. The summed E-state index contributed by atoms with van der Waals surface area (Å²) in [5, 5.41) is 14.0. The van der Waals surface area contributed by atoms with Gasteiger partial charge in [0, 0.05) is 25.3 Å². The van der Waals surface area contributed by atoms with Crippen molar-refractivity contribution in [2.45, 2.75) is 26.7 Å². The van der Waals surface area contributed by atoms with Crippen LogP contribution in [0, 0.1) is 23.1 Å². The van der Waals surface area contributed by atoms with E-state index in [4.69, 9.17) is 17.0 Å². The van der Waals surface area contributed by atoms with Crippen molar-refractivity contribution in [3.05, 3.63) is 29.0 Å². The Bertz CT molecular complexity index is 608. The zero-order valence-corrected chi connectivity index (χ0v) is 14.8. The van der Waals surface area contributed by atoms with Gasteiger partial charge in [-0.05, 0) is 37.0 Å². The fourth-order valence-electron chi connectivity index (χ4n) is 2.63. The molecule has 7 heteroatoms. The van der Waals surface area contributed by atoms with E-state index in [0.29, 0.717) is 24.1 Å². The van der Waals surface area contributed by atoms with Crippen LogP contribution < -0.4 is 10.6 Å². The quantitative estimate of drug-likeness (QED) is 0.574. The molecular weight excluding hydrogens is 331 g/mol. The molecule has 24 heavy (non-hydrogen) atoms. The topological polar surface area (TPSA) is 68.2 Å². The van der Waals surface area contributed by atoms with E-state index in [1.54, 1.807) is 6.07 Å². The van der Waals surface area contributed by atoms with E-state index in [1.165, 1.54) is 12.1 Å². The highest BCUT2D eigenvalue weighted by Crippen LogP contribution is 2.21. The molecule has 0 aliphatic carbocycles. The van der Waals surface area contributed by atoms with E-state index in [2.05, 4.69) is 24.5 Å². The smallest absolute Gasteiger partial charge is 0.229 e. The fourth-order valence-corrected chi connectivity index (χ4v) is 2.74. The van der Waals surface area contributed by atoms with Gasteiger partial charge in [-0.2, -0.15) is 0 Å². The molecule has 1 amide bonds. The third-order valence-corrected chi connectivity index (χ3v) is 4.28. The third-order valence-electron chi connectivity index (χ3n) is 3.97. The van der Waals surface area contributed by atoms with Crippen LogP contribution in [0.1, 0.15) is 26.7 Å². The molecule has 1 atom stereocenters. The van der Waals surface area contributed by atoms with E-state index in [-0.39, 0.29) is 16.8 Å². The molecule has 1 aliphatic heterocycles. The summed E-state index contributed by atoms with van der Waals surface area (Å²) in [6.45, 7) is 6.15. The molecule has 3 N–H and O–H groups in total. The number of piperidine rings is 1. The molecule has 1 fully saturated rings. The van der Waals surface area contributed by atoms with Crippen molar-refractivity contribution < 1.29 is 9.18 Å². The number of hydrogen-bond acceptors (Lipinski definition) is 2. The maximum Gasteiger partial charge on any atom is 0.229 e. The molecular formula is C17H24ClFN4O. The summed E-state index contributed by atoms with van der Waals surface area (Å²) in [5.74, 6) is -0.121. The summed E-state index contributed by atoms with van der Waals surface area (Å²) in [4.78, 5) is 14.3. The lowest BCUT2D eigenvalue weighted by atomic mass is 9.97. The van der Waals surface area contributed by atoms with E-state index >= 15 is 0 Å². The van der Waals surface area contributed by atoms with E-state index < -0.39 is 5.82 Å². The van der Waals surface area contributed by atoms with Crippen LogP contribution in [0.25, 0.3) is 0 Å². The van der Waals surface area contributed by atoms with Gasteiger partial charge in [-0.15, -0.1) is 0 Å². The first-order valence-corrected chi connectivity index (χ1v) is 8.58. The SMILES string of the molecule is CC(C)CNC(=N)N1CCC[C@H](C(=O)Nc2ccc(Cl)c(F)c2)C1. The first-order chi connectivity index (χ1) is 11.4. The Balaban J connectivity index is 1.92. The molecule has 1 aromatic rings. The predicted molar refractivity (Wildman–Crippen MR) is 94.9 cm³/mol. The number of carbonyl (C=O) groups excluding carboxylic acids is 1. The molecule has 1 aromatic carbocycles. The summed E-state index contributed by atoms with van der Waals surface area (Å²) in [6.07, 6.45) is 1.61. The van der Waals surface area contributed by atoms with Crippen molar-refractivity contribution in [2.75, 3.05) is 25.0 Å². The van der Waals surface area contributed by atoms with Crippen molar-refractivity contribution in [1.82, 2.24) is 10.2 Å². The summed E-state index contributed by atoms with van der Waals surface area (Å²) in [5.41, 5.74) is 0.395. The van der Waals surface area contributed by atoms with Gasteiger partial charge in [-0.25, -0.2) is 4.39 Å². The molecule has 0 bridgehead atoms. The second-order valence-electron chi connectivity index (χ2n) is 6.53. The lowest BCUT2D eigenvalue weighted by Crippen LogP contribution is -2.48. The fraction of sp³-hybridized carbons (Fsp3) is 0.529. The van der Waals surface area contributed by atoms with Crippen molar-refractivity contribution in [3.63, 3.8) is 0 Å². The molecule has 5 nitrogen and oxygen atoms in total. The Morgan fingerprint density at radius 1 is 1.50 bits per heavy atom. The number of halogens is 2.